The number of amides is 1. The Bertz CT molecular complexity index is 1020. The molecule has 0 aliphatic heterocycles. The average Bonchev–Trinajstić information content (AvgIpc) is 3.04. The Kier molecular flexibility index (Phi) is 4.28. The smallest absolute Gasteiger partial charge is 0.293 e. The van der Waals surface area contributed by atoms with E-state index in [1.165, 1.54) is 16.6 Å². The van der Waals surface area contributed by atoms with E-state index in [9.17, 15) is 9.59 Å². The van der Waals surface area contributed by atoms with Crippen molar-refractivity contribution in [1.82, 2.24) is 19.4 Å². The molecule has 0 bridgehead atoms. The van der Waals surface area contributed by atoms with Crippen molar-refractivity contribution in [3.8, 4) is 0 Å². The maximum absolute atomic E-state index is 12.8. The van der Waals surface area contributed by atoms with Gasteiger partial charge in [-0.15, -0.1) is 0 Å². The number of nitrogens with one attached hydrogen (secondary N) is 1. The van der Waals surface area contributed by atoms with Crippen LogP contribution in [0, 0.1) is 0 Å². The fraction of sp³-hybridized carbons (Fsp3) is 0.368. The van der Waals surface area contributed by atoms with Crippen molar-refractivity contribution in [2.45, 2.75) is 45.6 Å². The summed E-state index contributed by atoms with van der Waals surface area (Å²) in [4.78, 5) is 25.1. The molecule has 26 heavy (non-hydrogen) atoms. The van der Waals surface area contributed by atoms with Crippen molar-refractivity contribution in [3.63, 3.8) is 0 Å². The van der Waals surface area contributed by atoms with Crippen LogP contribution in [-0.2, 0) is 30.6 Å². The summed E-state index contributed by atoms with van der Waals surface area (Å²) in [5.41, 5.74) is 4.19. The van der Waals surface area contributed by atoms with E-state index in [1.54, 1.807) is 4.52 Å². The fourth-order valence-corrected chi connectivity index (χ4v) is 3.44. The Labute approximate surface area is 150 Å². The van der Waals surface area contributed by atoms with E-state index in [2.05, 4.69) is 22.4 Å². The number of rotatable bonds is 4. The van der Waals surface area contributed by atoms with E-state index >= 15 is 0 Å². The first-order valence-electron chi connectivity index (χ1n) is 9.00. The third-order valence-electron chi connectivity index (χ3n) is 4.86. The molecule has 2 aromatic heterocycles. The van der Waals surface area contributed by atoms with Crippen molar-refractivity contribution in [2.75, 3.05) is 5.32 Å². The molecule has 7 nitrogen and oxygen atoms in total. The molecule has 3 aromatic rings. The van der Waals surface area contributed by atoms with Gasteiger partial charge in [0.15, 0.2) is 0 Å². The Hall–Kier alpha value is -2.96. The molecule has 1 aliphatic rings. The minimum atomic E-state index is -0.276. The number of fused-ring (bicyclic) bond motifs is 3. The van der Waals surface area contributed by atoms with Gasteiger partial charge in [0.1, 0.15) is 18.4 Å². The highest BCUT2D eigenvalue weighted by molar-refractivity contribution is 5.90. The Morgan fingerprint density at radius 2 is 1.96 bits per heavy atom. The molecule has 1 N–H and O–H groups in total. The summed E-state index contributed by atoms with van der Waals surface area (Å²) >= 11 is 0. The van der Waals surface area contributed by atoms with Crippen molar-refractivity contribution in [3.05, 3.63) is 57.8 Å². The first-order valence-corrected chi connectivity index (χ1v) is 9.00. The van der Waals surface area contributed by atoms with Gasteiger partial charge in [0.2, 0.25) is 5.91 Å². The molecule has 0 fully saturated rings. The summed E-state index contributed by atoms with van der Waals surface area (Å²) in [6.45, 7) is 1.96. The van der Waals surface area contributed by atoms with Crippen molar-refractivity contribution >= 4 is 17.1 Å². The third-order valence-corrected chi connectivity index (χ3v) is 4.86. The molecule has 4 rings (SSSR count). The van der Waals surface area contributed by atoms with Gasteiger partial charge >= 0.3 is 0 Å². The molecule has 0 saturated heterocycles. The number of hydrogen-bond acceptors (Lipinski definition) is 4. The van der Waals surface area contributed by atoms with Crippen LogP contribution in [0.15, 0.2) is 35.4 Å². The van der Waals surface area contributed by atoms with Crippen LogP contribution in [0.4, 0.5) is 5.69 Å². The Morgan fingerprint density at radius 1 is 1.19 bits per heavy atom. The number of carbonyl (C=O) groups is 1. The summed E-state index contributed by atoms with van der Waals surface area (Å²) < 4.78 is 2.76. The summed E-state index contributed by atoms with van der Waals surface area (Å²) in [6, 6.07) is 7.68. The maximum atomic E-state index is 12.8. The lowest BCUT2D eigenvalue weighted by Gasteiger charge is -2.09. The highest BCUT2D eigenvalue weighted by atomic mass is 16.2. The Balaban J connectivity index is 1.57. The van der Waals surface area contributed by atoms with Gasteiger partial charge in [0.25, 0.3) is 5.56 Å². The quantitative estimate of drug-likeness (QED) is 0.779. The highest BCUT2D eigenvalue weighted by Crippen LogP contribution is 2.22. The van der Waals surface area contributed by atoms with Crippen LogP contribution in [0.1, 0.15) is 36.6 Å². The molecule has 0 spiro atoms. The summed E-state index contributed by atoms with van der Waals surface area (Å²) in [5.74, 6) is -0.276. The first-order chi connectivity index (χ1) is 12.7. The van der Waals surface area contributed by atoms with Gasteiger partial charge in [0.05, 0.1) is 5.69 Å². The predicted molar refractivity (Wildman–Crippen MR) is 98.3 cm³/mol. The van der Waals surface area contributed by atoms with Crippen molar-refractivity contribution < 1.29 is 4.79 Å². The highest BCUT2D eigenvalue weighted by Gasteiger charge is 2.20. The van der Waals surface area contributed by atoms with Gasteiger partial charge in [-0.2, -0.15) is 10.2 Å². The zero-order chi connectivity index (χ0) is 18.1. The van der Waals surface area contributed by atoms with Crippen molar-refractivity contribution in [2.24, 2.45) is 0 Å². The summed E-state index contributed by atoms with van der Waals surface area (Å²) in [7, 11) is 0. The molecule has 1 amide bonds. The van der Waals surface area contributed by atoms with Gasteiger partial charge in [-0.3, -0.25) is 9.59 Å². The standard InChI is InChI=1S/C19H21N5O2/c1-2-13-7-9-14(10-8-13)21-17(25)11-23-19(26)18-15-5-3-4-6-16(15)22-24(18)12-20-23/h7-10,12H,2-6,11H2,1H3,(H,21,25). The molecule has 0 radical (unpaired) electrons. The molecule has 2 heterocycles. The van der Waals surface area contributed by atoms with Crippen LogP contribution in [0.3, 0.4) is 0 Å². The topological polar surface area (TPSA) is 81.3 Å². The van der Waals surface area contributed by atoms with Crippen LogP contribution in [-0.4, -0.2) is 25.3 Å². The molecule has 134 valence electrons. The predicted octanol–water partition coefficient (Wildman–Crippen LogP) is 1.97. The second-order valence-corrected chi connectivity index (χ2v) is 6.62. The largest absolute Gasteiger partial charge is 0.324 e. The minimum Gasteiger partial charge on any atom is -0.324 e. The zero-order valence-electron chi connectivity index (χ0n) is 14.7. The van der Waals surface area contributed by atoms with Gasteiger partial charge < -0.3 is 5.32 Å². The summed E-state index contributed by atoms with van der Waals surface area (Å²) in [6.07, 6.45) is 6.36. The van der Waals surface area contributed by atoms with Gasteiger partial charge in [0, 0.05) is 11.3 Å². The number of benzene rings is 1. The SMILES string of the molecule is CCc1ccc(NC(=O)Cn2ncn3nc4c(c3c2=O)CCCC4)cc1. The number of nitrogens with zero attached hydrogens (tertiary/aromatic N) is 4. The lowest BCUT2D eigenvalue weighted by atomic mass is 9.97. The molecular formula is C19H21N5O2. The first kappa shape index (κ1) is 16.5. The van der Waals surface area contributed by atoms with E-state index in [4.69, 9.17) is 0 Å². The number of anilines is 1. The number of aromatic nitrogens is 4. The van der Waals surface area contributed by atoms with Crippen LogP contribution >= 0.6 is 0 Å². The van der Waals surface area contributed by atoms with Crippen LogP contribution in [0.5, 0.6) is 0 Å². The third kappa shape index (κ3) is 3.00. The normalized spacial score (nSPS) is 13.6. The maximum Gasteiger partial charge on any atom is 0.293 e. The van der Waals surface area contributed by atoms with E-state index in [0.717, 1.165) is 43.4 Å². The van der Waals surface area contributed by atoms with E-state index in [0.29, 0.717) is 11.2 Å². The van der Waals surface area contributed by atoms with E-state index < -0.39 is 0 Å². The Morgan fingerprint density at radius 3 is 2.73 bits per heavy atom. The monoisotopic (exact) mass is 351 g/mol. The van der Waals surface area contributed by atoms with Crippen LogP contribution in [0.25, 0.3) is 5.52 Å². The minimum absolute atomic E-state index is 0.120. The van der Waals surface area contributed by atoms with E-state index in [-0.39, 0.29) is 18.0 Å². The molecular weight excluding hydrogens is 330 g/mol. The van der Waals surface area contributed by atoms with Gasteiger partial charge in [-0.1, -0.05) is 19.1 Å². The second-order valence-electron chi connectivity index (χ2n) is 6.62. The number of aryl methyl sites for hydroxylation is 3. The van der Waals surface area contributed by atoms with Crippen LogP contribution in [0.2, 0.25) is 0 Å². The molecule has 1 aromatic carbocycles. The second kappa shape index (κ2) is 6.74. The van der Waals surface area contributed by atoms with Gasteiger partial charge in [-0.05, 0) is 49.8 Å². The molecule has 7 heteroatoms. The fourth-order valence-electron chi connectivity index (χ4n) is 3.44. The van der Waals surface area contributed by atoms with Crippen molar-refractivity contribution in [1.29, 1.82) is 0 Å². The molecule has 1 aliphatic carbocycles. The zero-order valence-corrected chi connectivity index (χ0v) is 14.7. The van der Waals surface area contributed by atoms with Gasteiger partial charge in [-0.25, -0.2) is 9.20 Å². The lowest BCUT2D eigenvalue weighted by molar-refractivity contribution is -0.117. The number of hydrogen-bond donors (Lipinski definition) is 1. The molecule has 0 saturated carbocycles. The summed E-state index contributed by atoms with van der Waals surface area (Å²) in [5, 5.41) is 11.4. The lowest BCUT2D eigenvalue weighted by Crippen LogP contribution is -2.31. The average molecular weight is 351 g/mol. The molecule has 0 unspecified atom stereocenters. The van der Waals surface area contributed by atoms with E-state index in [1.807, 2.05) is 24.3 Å². The van der Waals surface area contributed by atoms with Crippen LogP contribution < -0.4 is 10.9 Å². The number of carbonyl (C=O) groups excluding carboxylic acids is 1. The molecule has 0 atom stereocenters.